The van der Waals surface area contributed by atoms with E-state index in [0.717, 1.165) is 6.92 Å². The Morgan fingerprint density at radius 3 is 1.41 bits per heavy atom. The molecule has 0 aliphatic carbocycles. The number of carbonyl (C=O) groups is 11. The van der Waals surface area contributed by atoms with Crippen LogP contribution in [-0.2, 0) is 65.6 Å². The number of carbonyl (C=O) groups excluding carboxylic acids is 9. The number of aliphatic hydroxyl groups is 1. The molecule has 0 fully saturated rings. The smallest absolute Gasteiger partial charge is 0.326 e. The summed E-state index contributed by atoms with van der Waals surface area (Å²) < 4.78 is 0. The van der Waals surface area contributed by atoms with Crippen LogP contribution < -0.4 is 59.7 Å². The fraction of sp³-hybridized carbons (Fsp3) is 0.521. The van der Waals surface area contributed by atoms with Gasteiger partial charge in [-0.15, -0.1) is 0 Å². The van der Waals surface area contributed by atoms with Crippen LogP contribution in [0.25, 0.3) is 0 Å². The fourth-order valence-corrected chi connectivity index (χ4v) is 7.01. The highest BCUT2D eigenvalue weighted by atomic mass is 16.4. The van der Waals surface area contributed by atoms with E-state index in [4.69, 9.17) is 17.2 Å². The van der Waals surface area contributed by atoms with Crippen molar-refractivity contribution in [2.75, 3.05) is 13.1 Å². The number of nitrogens with one attached hydrogen (secondary N) is 8. The normalized spacial score (nSPS) is 14.8. The number of unbranched alkanes of at least 4 members (excludes halogenated alkanes) is 1. The SMILES string of the molecule is CC(C)[C@H](N)C(=O)N[C@@H](CCCCN)C(=O)NCC(=O)N[C@H](C(=O)N[C@@H](CC(=O)O)C(=O)N[C@@H](Cc1ccccc1)C(=O)N[C@@H](Cc1ccccc1)C(=O)N[C@@H](CC(N)=O)C(=O)N[C@H](C(=O)O)C(C)C)[C@@H](C)O. The summed E-state index contributed by atoms with van der Waals surface area (Å²) in [5.41, 5.74) is 17.9. The number of aliphatic hydroxyl groups excluding tert-OH is 1. The molecule has 2 aromatic carbocycles. The van der Waals surface area contributed by atoms with Gasteiger partial charge in [0.2, 0.25) is 53.2 Å². The van der Waals surface area contributed by atoms with Crippen LogP contribution in [0.4, 0.5) is 0 Å². The van der Waals surface area contributed by atoms with Crippen molar-refractivity contribution >= 4 is 65.1 Å². The van der Waals surface area contributed by atoms with Crippen molar-refractivity contribution in [1.82, 2.24) is 42.5 Å². The van der Waals surface area contributed by atoms with Gasteiger partial charge >= 0.3 is 11.9 Å². The first-order chi connectivity index (χ1) is 34.3. The van der Waals surface area contributed by atoms with E-state index in [1.807, 2.05) is 0 Å². The minimum absolute atomic E-state index is 0.153. The van der Waals surface area contributed by atoms with Crippen LogP contribution in [0.2, 0.25) is 0 Å². The molecule has 0 aliphatic rings. The van der Waals surface area contributed by atoms with Crippen LogP contribution in [0.5, 0.6) is 0 Å². The third-order valence-electron chi connectivity index (χ3n) is 11.2. The number of rotatable bonds is 32. The van der Waals surface area contributed by atoms with Gasteiger partial charge in [-0.1, -0.05) is 88.4 Å². The summed E-state index contributed by atoms with van der Waals surface area (Å²) in [6.45, 7) is 7.15. The van der Waals surface area contributed by atoms with Gasteiger partial charge in [0.1, 0.15) is 42.3 Å². The lowest BCUT2D eigenvalue weighted by molar-refractivity contribution is -0.144. The van der Waals surface area contributed by atoms with Gasteiger partial charge in [0.25, 0.3) is 0 Å². The van der Waals surface area contributed by atoms with Gasteiger partial charge in [0.05, 0.1) is 31.5 Å². The molecule has 0 spiro atoms. The molecular formula is C48H71N11O14. The molecule has 9 amide bonds. The lowest BCUT2D eigenvalue weighted by atomic mass is 10.0. The second kappa shape index (κ2) is 31.1. The molecule has 402 valence electrons. The Labute approximate surface area is 422 Å². The molecule has 0 heterocycles. The van der Waals surface area contributed by atoms with Crippen LogP contribution >= 0.6 is 0 Å². The van der Waals surface area contributed by atoms with E-state index in [-0.39, 0.29) is 25.2 Å². The van der Waals surface area contributed by atoms with E-state index in [2.05, 4.69) is 42.5 Å². The van der Waals surface area contributed by atoms with Crippen LogP contribution in [-0.4, -0.2) is 148 Å². The van der Waals surface area contributed by atoms with E-state index < -0.39 is 145 Å². The van der Waals surface area contributed by atoms with Crippen LogP contribution in [0.3, 0.4) is 0 Å². The Balaban J connectivity index is 2.41. The van der Waals surface area contributed by atoms with E-state index in [0.29, 0.717) is 30.5 Å². The van der Waals surface area contributed by atoms with Crippen molar-refractivity contribution in [3.05, 3.63) is 71.8 Å². The highest BCUT2D eigenvalue weighted by Gasteiger charge is 2.36. The molecule has 2 rings (SSSR count). The Hall–Kier alpha value is -7.51. The molecule has 17 N–H and O–H groups in total. The van der Waals surface area contributed by atoms with Crippen molar-refractivity contribution in [2.45, 2.75) is 134 Å². The minimum Gasteiger partial charge on any atom is -0.481 e. The molecule has 0 unspecified atom stereocenters. The molecule has 2 aromatic rings. The number of nitrogens with two attached hydrogens (primary N) is 3. The summed E-state index contributed by atoms with van der Waals surface area (Å²) in [4.78, 5) is 144. The van der Waals surface area contributed by atoms with Crippen molar-refractivity contribution in [3.63, 3.8) is 0 Å². The summed E-state index contributed by atoms with van der Waals surface area (Å²) in [5.74, 6) is -12.8. The van der Waals surface area contributed by atoms with Gasteiger partial charge in [-0.3, -0.25) is 47.9 Å². The lowest BCUT2D eigenvalue weighted by Gasteiger charge is -2.28. The molecule has 0 aliphatic heterocycles. The zero-order chi connectivity index (χ0) is 54.9. The predicted molar refractivity (Wildman–Crippen MR) is 263 cm³/mol. The van der Waals surface area contributed by atoms with E-state index in [9.17, 15) is 68.1 Å². The first-order valence-electron chi connectivity index (χ1n) is 23.7. The number of hydrogen-bond donors (Lipinski definition) is 14. The van der Waals surface area contributed by atoms with Crippen molar-refractivity contribution < 1.29 is 68.1 Å². The summed E-state index contributed by atoms with van der Waals surface area (Å²) in [6.07, 6.45) is -2.89. The number of hydrogen-bond acceptors (Lipinski definition) is 14. The van der Waals surface area contributed by atoms with Gasteiger partial charge < -0.3 is 75.1 Å². The van der Waals surface area contributed by atoms with Gasteiger partial charge in [0, 0.05) is 12.8 Å². The largest absolute Gasteiger partial charge is 0.481 e. The first-order valence-corrected chi connectivity index (χ1v) is 23.7. The zero-order valence-electron chi connectivity index (χ0n) is 41.6. The summed E-state index contributed by atoms with van der Waals surface area (Å²) in [5, 5.41) is 49.0. The molecule has 73 heavy (non-hydrogen) atoms. The highest BCUT2D eigenvalue weighted by Crippen LogP contribution is 2.11. The molecule has 9 atom stereocenters. The van der Waals surface area contributed by atoms with Crippen molar-refractivity contribution in [3.8, 4) is 0 Å². The highest BCUT2D eigenvalue weighted by molar-refractivity contribution is 5.99. The van der Waals surface area contributed by atoms with E-state index >= 15 is 0 Å². The Kier molecular flexibility index (Phi) is 26.2. The van der Waals surface area contributed by atoms with Crippen LogP contribution in [0.15, 0.2) is 60.7 Å². The molecule has 25 heteroatoms. The average molecular weight is 1030 g/mol. The summed E-state index contributed by atoms with van der Waals surface area (Å²) >= 11 is 0. The number of amides is 9. The molecule has 0 saturated heterocycles. The quantitative estimate of drug-likeness (QED) is 0.0317. The predicted octanol–water partition coefficient (Wildman–Crippen LogP) is -3.43. The average Bonchev–Trinajstić information content (AvgIpc) is 3.32. The van der Waals surface area contributed by atoms with Gasteiger partial charge in [-0.05, 0) is 55.7 Å². The van der Waals surface area contributed by atoms with Crippen molar-refractivity contribution in [1.29, 1.82) is 0 Å². The Morgan fingerprint density at radius 1 is 0.521 bits per heavy atom. The lowest BCUT2D eigenvalue weighted by Crippen LogP contribution is -2.61. The maximum absolute atomic E-state index is 14.3. The first kappa shape index (κ1) is 61.6. The van der Waals surface area contributed by atoms with Gasteiger partial charge in [-0.25, -0.2) is 4.79 Å². The molecule has 0 aromatic heterocycles. The summed E-state index contributed by atoms with van der Waals surface area (Å²) in [6, 6.07) is 4.24. The second-order valence-electron chi connectivity index (χ2n) is 18.1. The number of aliphatic carboxylic acids is 2. The maximum Gasteiger partial charge on any atom is 0.326 e. The standard InChI is InChI=1S/C48H71N11O14/c1-25(2)38(51)46(70)53-30(18-12-13-19-49)41(65)52-24-36(62)58-40(27(5)60)47(71)57-34(23-37(63)64)44(68)55-31(20-28-14-8-6-9-15-28)42(66)54-32(21-29-16-10-7-11-17-29)43(67)56-33(22-35(50)61)45(69)59-39(26(3)4)48(72)73/h6-11,14-17,25-27,30-34,38-40,60H,12-13,18-24,49,51H2,1-5H3,(H2,50,61)(H,52,65)(H,53,70)(H,54,66)(H,55,68)(H,56,67)(H,57,71)(H,58,62)(H,59,69)(H,63,64)(H,72,73)/t27-,30+,31+,32+,33+,34+,38+,39+,40+/m1/s1. The number of benzene rings is 2. The third-order valence-corrected chi connectivity index (χ3v) is 11.2. The molecule has 0 bridgehead atoms. The topological polar surface area (TPSA) is 423 Å². The monoisotopic (exact) mass is 1030 g/mol. The van der Waals surface area contributed by atoms with Crippen molar-refractivity contribution in [2.24, 2.45) is 29.0 Å². The van der Waals surface area contributed by atoms with Crippen LogP contribution in [0.1, 0.15) is 77.8 Å². The fourth-order valence-electron chi connectivity index (χ4n) is 7.01. The van der Waals surface area contributed by atoms with Crippen LogP contribution in [0, 0.1) is 11.8 Å². The Bertz CT molecular complexity index is 2210. The Morgan fingerprint density at radius 2 is 0.973 bits per heavy atom. The minimum atomic E-state index is -1.96. The number of carboxylic acids is 2. The number of primary amides is 1. The van der Waals surface area contributed by atoms with E-state index in [1.54, 1.807) is 74.5 Å². The van der Waals surface area contributed by atoms with E-state index in [1.165, 1.54) is 13.8 Å². The molecule has 0 saturated carbocycles. The van der Waals surface area contributed by atoms with Gasteiger partial charge in [-0.2, -0.15) is 0 Å². The zero-order valence-corrected chi connectivity index (χ0v) is 41.6. The van der Waals surface area contributed by atoms with Gasteiger partial charge in [0.15, 0.2) is 0 Å². The molecule has 25 nitrogen and oxygen atoms in total. The molecule has 0 radical (unpaired) electrons. The molecular weight excluding hydrogens is 955 g/mol. The third kappa shape index (κ3) is 22.2. The number of carboxylic acid groups (broad SMARTS) is 2. The second-order valence-corrected chi connectivity index (χ2v) is 18.1. The summed E-state index contributed by atoms with van der Waals surface area (Å²) in [7, 11) is 0. The maximum atomic E-state index is 14.3.